The standard InChI is InChI=1S/C15H23FN2O/c1-4-14(12-5-7-13(16)8-6-12)17-10-15(19)18-9-11(2)3/h5-8,11,14,17H,4,9-10H2,1-3H3,(H,18,19). The van der Waals surface area contributed by atoms with Crippen LogP contribution in [-0.2, 0) is 4.79 Å². The first-order chi connectivity index (χ1) is 9.02. The van der Waals surface area contributed by atoms with Crippen LogP contribution in [0.5, 0.6) is 0 Å². The lowest BCUT2D eigenvalue weighted by Crippen LogP contribution is -2.37. The Kier molecular flexibility index (Phi) is 6.50. The number of halogens is 1. The van der Waals surface area contributed by atoms with Gasteiger partial charge in [0.15, 0.2) is 0 Å². The van der Waals surface area contributed by atoms with E-state index >= 15 is 0 Å². The fraction of sp³-hybridized carbons (Fsp3) is 0.533. The van der Waals surface area contributed by atoms with Crippen LogP contribution in [0, 0.1) is 11.7 Å². The molecule has 4 heteroatoms. The third-order valence-corrected chi connectivity index (χ3v) is 2.90. The van der Waals surface area contributed by atoms with E-state index in [0.29, 0.717) is 12.5 Å². The zero-order valence-corrected chi connectivity index (χ0v) is 11.9. The lowest BCUT2D eigenvalue weighted by Gasteiger charge is -2.17. The minimum absolute atomic E-state index is 0.00531. The normalized spacial score (nSPS) is 12.5. The molecule has 0 aromatic heterocycles. The minimum atomic E-state index is -0.242. The van der Waals surface area contributed by atoms with Gasteiger partial charge in [-0.05, 0) is 30.0 Å². The lowest BCUT2D eigenvalue weighted by molar-refractivity contribution is -0.120. The van der Waals surface area contributed by atoms with E-state index in [1.54, 1.807) is 12.1 Å². The molecule has 106 valence electrons. The molecule has 1 aromatic rings. The number of rotatable bonds is 7. The monoisotopic (exact) mass is 266 g/mol. The average molecular weight is 266 g/mol. The SMILES string of the molecule is CCC(NCC(=O)NCC(C)C)c1ccc(F)cc1. The van der Waals surface area contributed by atoms with Gasteiger partial charge >= 0.3 is 0 Å². The molecule has 1 aromatic carbocycles. The third-order valence-electron chi connectivity index (χ3n) is 2.90. The van der Waals surface area contributed by atoms with Crippen molar-refractivity contribution in [3.8, 4) is 0 Å². The van der Waals surface area contributed by atoms with Crippen molar-refractivity contribution in [1.29, 1.82) is 0 Å². The van der Waals surface area contributed by atoms with E-state index in [-0.39, 0.29) is 24.3 Å². The van der Waals surface area contributed by atoms with Gasteiger partial charge in [0.25, 0.3) is 0 Å². The molecule has 0 heterocycles. The fourth-order valence-corrected chi connectivity index (χ4v) is 1.79. The van der Waals surface area contributed by atoms with E-state index in [2.05, 4.69) is 24.5 Å². The first-order valence-electron chi connectivity index (χ1n) is 6.78. The van der Waals surface area contributed by atoms with Crippen LogP contribution in [-0.4, -0.2) is 19.0 Å². The summed E-state index contributed by atoms with van der Waals surface area (Å²) in [6.07, 6.45) is 0.850. The molecule has 0 aliphatic heterocycles. The molecule has 0 saturated carbocycles. The Labute approximate surface area is 114 Å². The summed E-state index contributed by atoms with van der Waals surface area (Å²) in [6.45, 7) is 7.12. The van der Waals surface area contributed by atoms with Crippen LogP contribution in [0.25, 0.3) is 0 Å². The first-order valence-corrected chi connectivity index (χ1v) is 6.78. The topological polar surface area (TPSA) is 41.1 Å². The summed E-state index contributed by atoms with van der Waals surface area (Å²) in [4.78, 5) is 11.6. The van der Waals surface area contributed by atoms with Crippen molar-refractivity contribution in [3.05, 3.63) is 35.6 Å². The average Bonchev–Trinajstić information content (AvgIpc) is 2.39. The number of hydrogen-bond acceptors (Lipinski definition) is 2. The largest absolute Gasteiger partial charge is 0.355 e. The molecule has 3 nitrogen and oxygen atoms in total. The van der Waals surface area contributed by atoms with Crippen molar-refractivity contribution in [2.45, 2.75) is 33.2 Å². The summed E-state index contributed by atoms with van der Waals surface area (Å²) < 4.78 is 12.9. The Hall–Kier alpha value is -1.42. The number of amides is 1. The van der Waals surface area contributed by atoms with Crippen LogP contribution >= 0.6 is 0 Å². The number of nitrogens with one attached hydrogen (secondary N) is 2. The van der Waals surface area contributed by atoms with Gasteiger partial charge in [-0.1, -0.05) is 32.9 Å². The van der Waals surface area contributed by atoms with Crippen LogP contribution < -0.4 is 10.6 Å². The molecule has 1 rings (SSSR count). The van der Waals surface area contributed by atoms with Crippen molar-refractivity contribution in [1.82, 2.24) is 10.6 Å². The van der Waals surface area contributed by atoms with Gasteiger partial charge in [0.2, 0.25) is 5.91 Å². The first kappa shape index (κ1) is 15.6. The number of carbonyl (C=O) groups is 1. The van der Waals surface area contributed by atoms with Gasteiger partial charge in [-0.2, -0.15) is 0 Å². The zero-order valence-electron chi connectivity index (χ0n) is 11.9. The van der Waals surface area contributed by atoms with Gasteiger partial charge in [-0.3, -0.25) is 4.79 Å². The highest BCUT2D eigenvalue weighted by atomic mass is 19.1. The summed E-state index contributed by atoms with van der Waals surface area (Å²) in [5.41, 5.74) is 1.00. The Balaban J connectivity index is 2.44. The van der Waals surface area contributed by atoms with Crippen LogP contribution in [0.4, 0.5) is 4.39 Å². The predicted octanol–water partition coefficient (Wildman–Crippen LogP) is 2.64. The highest BCUT2D eigenvalue weighted by molar-refractivity contribution is 5.78. The number of hydrogen-bond donors (Lipinski definition) is 2. The molecular weight excluding hydrogens is 243 g/mol. The second-order valence-corrected chi connectivity index (χ2v) is 5.09. The maximum absolute atomic E-state index is 12.9. The molecule has 0 spiro atoms. The van der Waals surface area contributed by atoms with Gasteiger partial charge in [0, 0.05) is 12.6 Å². The molecule has 0 fully saturated rings. The maximum atomic E-state index is 12.9. The molecule has 2 N–H and O–H groups in total. The van der Waals surface area contributed by atoms with Gasteiger partial charge in [-0.15, -0.1) is 0 Å². The van der Waals surface area contributed by atoms with Crippen molar-refractivity contribution in [3.63, 3.8) is 0 Å². The lowest BCUT2D eigenvalue weighted by atomic mass is 10.0. The van der Waals surface area contributed by atoms with Gasteiger partial charge in [-0.25, -0.2) is 4.39 Å². The van der Waals surface area contributed by atoms with Gasteiger partial charge in [0.05, 0.1) is 6.54 Å². The summed E-state index contributed by atoms with van der Waals surface area (Å²) in [7, 11) is 0. The molecule has 0 radical (unpaired) electrons. The fourth-order valence-electron chi connectivity index (χ4n) is 1.79. The molecule has 0 aliphatic rings. The second kappa shape index (κ2) is 7.89. The van der Waals surface area contributed by atoms with Crippen molar-refractivity contribution in [2.24, 2.45) is 5.92 Å². The van der Waals surface area contributed by atoms with Crippen molar-refractivity contribution >= 4 is 5.91 Å². The van der Waals surface area contributed by atoms with Gasteiger partial charge in [0.1, 0.15) is 5.82 Å². The van der Waals surface area contributed by atoms with E-state index < -0.39 is 0 Å². The van der Waals surface area contributed by atoms with Crippen LogP contribution in [0.3, 0.4) is 0 Å². The third kappa shape index (κ3) is 5.83. The molecule has 1 amide bonds. The summed E-state index contributed by atoms with van der Waals surface area (Å²) >= 11 is 0. The Morgan fingerprint density at radius 2 is 1.89 bits per heavy atom. The van der Waals surface area contributed by atoms with E-state index in [1.165, 1.54) is 12.1 Å². The van der Waals surface area contributed by atoms with Crippen molar-refractivity contribution < 1.29 is 9.18 Å². The van der Waals surface area contributed by atoms with Crippen LogP contribution in [0.15, 0.2) is 24.3 Å². The van der Waals surface area contributed by atoms with Crippen molar-refractivity contribution in [2.75, 3.05) is 13.1 Å². The molecule has 19 heavy (non-hydrogen) atoms. The van der Waals surface area contributed by atoms with E-state index in [9.17, 15) is 9.18 Å². The molecule has 0 saturated heterocycles. The molecule has 0 aliphatic carbocycles. The van der Waals surface area contributed by atoms with E-state index in [1.807, 2.05) is 6.92 Å². The summed E-state index contributed by atoms with van der Waals surface area (Å²) in [5, 5.41) is 6.05. The van der Waals surface area contributed by atoms with Crippen LogP contribution in [0.1, 0.15) is 38.8 Å². The Morgan fingerprint density at radius 1 is 1.26 bits per heavy atom. The Morgan fingerprint density at radius 3 is 2.42 bits per heavy atom. The van der Waals surface area contributed by atoms with E-state index in [0.717, 1.165) is 12.0 Å². The van der Waals surface area contributed by atoms with E-state index in [4.69, 9.17) is 0 Å². The predicted molar refractivity (Wildman–Crippen MR) is 75.3 cm³/mol. The molecule has 0 bridgehead atoms. The van der Waals surface area contributed by atoms with Gasteiger partial charge < -0.3 is 10.6 Å². The molecule has 1 atom stereocenters. The minimum Gasteiger partial charge on any atom is -0.355 e. The molecule has 1 unspecified atom stereocenters. The zero-order chi connectivity index (χ0) is 14.3. The maximum Gasteiger partial charge on any atom is 0.233 e. The molecular formula is C15H23FN2O. The number of carbonyl (C=O) groups excluding carboxylic acids is 1. The van der Waals surface area contributed by atoms with Crippen LogP contribution in [0.2, 0.25) is 0 Å². The summed E-state index contributed by atoms with van der Waals surface area (Å²) in [5.74, 6) is 0.200. The highest BCUT2D eigenvalue weighted by Crippen LogP contribution is 2.16. The highest BCUT2D eigenvalue weighted by Gasteiger charge is 2.10. The quantitative estimate of drug-likeness (QED) is 0.796. The Bertz CT molecular complexity index is 390. The second-order valence-electron chi connectivity index (χ2n) is 5.09. The summed E-state index contributed by atoms with van der Waals surface area (Å²) in [6, 6.07) is 6.47. The number of benzene rings is 1. The smallest absolute Gasteiger partial charge is 0.233 e.